The first-order valence-electron chi connectivity index (χ1n) is 11.6. The van der Waals surface area contributed by atoms with Gasteiger partial charge >= 0.3 is 12.1 Å². The molecule has 2 rings (SSSR count). The Morgan fingerprint density at radius 2 is 1.67 bits per heavy atom. The van der Waals surface area contributed by atoms with Crippen molar-refractivity contribution in [2.75, 3.05) is 26.8 Å². The Morgan fingerprint density at radius 3 is 2.27 bits per heavy atom. The number of piperidine rings is 1. The molecule has 1 N–H and O–H groups in total. The molecule has 1 aliphatic rings. The molecule has 2 amide bonds. The standard InChI is InChI=1S/C25H38N2O6/c1-24(2,3)33-23(30)27-16-14-25(15-17-27,19-32-18-20-10-6-5-7-11-20)26-21(28)12-8-9-13-22(29)31-4/h5-7,10-11H,8-9,12-19H2,1-4H3,(H,26,28). The molecule has 0 bridgehead atoms. The molecule has 0 aliphatic carbocycles. The molecule has 1 aromatic rings. The summed E-state index contributed by atoms with van der Waals surface area (Å²) in [5.41, 5.74) is -0.0387. The van der Waals surface area contributed by atoms with E-state index in [0.29, 0.717) is 64.8 Å². The van der Waals surface area contributed by atoms with Crippen molar-refractivity contribution in [1.82, 2.24) is 10.2 Å². The molecule has 184 valence electrons. The zero-order valence-electron chi connectivity index (χ0n) is 20.4. The number of benzene rings is 1. The first kappa shape index (κ1) is 26.6. The Labute approximate surface area is 196 Å². The van der Waals surface area contributed by atoms with Crippen LogP contribution in [0, 0.1) is 0 Å². The van der Waals surface area contributed by atoms with Gasteiger partial charge in [0.15, 0.2) is 0 Å². The van der Waals surface area contributed by atoms with Gasteiger partial charge in [-0.25, -0.2) is 4.79 Å². The lowest BCUT2D eigenvalue weighted by molar-refractivity contribution is -0.141. The van der Waals surface area contributed by atoms with Crippen LogP contribution in [0.1, 0.15) is 64.9 Å². The van der Waals surface area contributed by atoms with Gasteiger partial charge in [-0.2, -0.15) is 0 Å². The second kappa shape index (κ2) is 12.6. The van der Waals surface area contributed by atoms with Gasteiger partial charge in [-0.3, -0.25) is 9.59 Å². The summed E-state index contributed by atoms with van der Waals surface area (Å²) >= 11 is 0. The Bertz CT molecular complexity index is 767. The molecule has 8 heteroatoms. The van der Waals surface area contributed by atoms with E-state index in [1.165, 1.54) is 7.11 Å². The minimum absolute atomic E-state index is 0.0751. The minimum Gasteiger partial charge on any atom is -0.469 e. The maximum Gasteiger partial charge on any atom is 0.410 e. The minimum atomic E-state index is -0.553. The van der Waals surface area contributed by atoms with Crippen LogP contribution in [-0.2, 0) is 30.4 Å². The number of amides is 2. The summed E-state index contributed by atoms with van der Waals surface area (Å²) in [5, 5.41) is 3.17. The molecular formula is C25H38N2O6. The lowest BCUT2D eigenvalue weighted by Crippen LogP contribution is -2.59. The molecule has 0 spiro atoms. The summed E-state index contributed by atoms with van der Waals surface area (Å²) in [6.45, 7) is 7.30. The van der Waals surface area contributed by atoms with E-state index in [4.69, 9.17) is 9.47 Å². The Kier molecular flexibility index (Phi) is 10.2. The lowest BCUT2D eigenvalue weighted by Gasteiger charge is -2.42. The first-order valence-corrected chi connectivity index (χ1v) is 11.6. The summed E-state index contributed by atoms with van der Waals surface area (Å²) < 4.78 is 16.1. The van der Waals surface area contributed by atoms with Crippen LogP contribution in [0.4, 0.5) is 4.79 Å². The highest BCUT2D eigenvalue weighted by Gasteiger charge is 2.38. The normalized spacial score (nSPS) is 15.6. The SMILES string of the molecule is COC(=O)CCCCC(=O)NC1(COCc2ccccc2)CCN(C(=O)OC(C)(C)C)CC1. The summed E-state index contributed by atoms with van der Waals surface area (Å²) in [6, 6.07) is 9.88. The number of hydrogen-bond donors (Lipinski definition) is 1. The summed E-state index contributed by atoms with van der Waals surface area (Å²) in [5.74, 6) is -0.343. The monoisotopic (exact) mass is 462 g/mol. The van der Waals surface area contributed by atoms with Crippen molar-refractivity contribution in [1.29, 1.82) is 0 Å². The van der Waals surface area contributed by atoms with Gasteiger partial charge in [-0.15, -0.1) is 0 Å². The molecule has 8 nitrogen and oxygen atoms in total. The van der Waals surface area contributed by atoms with Gasteiger partial charge in [0.25, 0.3) is 0 Å². The highest BCUT2D eigenvalue weighted by molar-refractivity contribution is 5.77. The fourth-order valence-electron chi connectivity index (χ4n) is 3.70. The van der Waals surface area contributed by atoms with Crippen molar-refractivity contribution in [3.63, 3.8) is 0 Å². The highest BCUT2D eigenvalue weighted by atomic mass is 16.6. The average Bonchev–Trinajstić information content (AvgIpc) is 2.76. The highest BCUT2D eigenvalue weighted by Crippen LogP contribution is 2.25. The number of carbonyl (C=O) groups excluding carboxylic acids is 3. The van der Waals surface area contributed by atoms with E-state index in [9.17, 15) is 14.4 Å². The van der Waals surface area contributed by atoms with Crippen LogP contribution < -0.4 is 5.32 Å². The van der Waals surface area contributed by atoms with Crippen molar-refractivity contribution in [2.24, 2.45) is 0 Å². The molecule has 0 radical (unpaired) electrons. The van der Waals surface area contributed by atoms with Gasteiger partial charge in [-0.05, 0) is 52.0 Å². The fraction of sp³-hybridized carbons (Fsp3) is 0.640. The number of esters is 1. The molecule has 0 atom stereocenters. The van der Waals surface area contributed by atoms with Crippen LogP contribution in [-0.4, -0.2) is 60.8 Å². The Balaban J connectivity index is 1.93. The van der Waals surface area contributed by atoms with Crippen LogP contribution in [0.5, 0.6) is 0 Å². The Hall–Kier alpha value is -2.61. The zero-order valence-corrected chi connectivity index (χ0v) is 20.4. The number of ether oxygens (including phenoxy) is 3. The second-order valence-corrected chi connectivity index (χ2v) is 9.56. The van der Waals surface area contributed by atoms with E-state index < -0.39 is 11.1 Å². The predicted molar refractivity (Wildman–Crippen MR) is 124 cm³/mol. The van der Waals surface area contributed by atoms with Gasteiger partial charge in [0.2, 0.25) is 5.91 Å². The van der Waals surface area contributed by atoms with E-state index in [1.807, 2.05) is 51.1 Å². The number of methoxy groups -OCH3 is 1. The third-order valence-electron chi connectivity index (χ3n) is 5.53. The maximum absolute atomic E-state index is 12.7. The quantitative estimate of drug-likeness (QED) is 0.420. The summed E-state index contributed by atoms with van der Waals surface area (Å²) in [7, 11) is 1.36. The van der Waals surface area contributed by atoms with Gasteiger partial charge in [0.05, 0.1) is 25.9 Å². The summed E-state index contributed by atoms with van der Waals surface area (Å²) in [4.78, 5) is 38.1. The van der Waals surface area contributed by atoms with E-state index in [1.54, 1.807) is 4.90 Å². The third kappa shape index (κ3) is 9.82. The lowest BCUT2D eigenvalue weighted by atomic mass is 9.88. The molecule has 1 saturated heterocycles. The molecule has 0 saturated carbocycles. The third-order valence-corrected chi connectivity index (χ3v) is 5.53. The van der Waals surface area contributed by atoms with Crippen molar-refractivity contribution in [3.05, 3.63) is 35.9 Å². The molecule has 1 aromatic carbocycles. The number of nitrogens with zero attached hydrogens (tertiary/aromatic N) is 1. The van der Waals surface area contributed by atoms with Gasteiger partial charge in [0, 0.05) is 25.9 Å². The van der Waals surface area contributed by atoms with Crippen molar-refractivity contribution in [2.45, 2.75) is 77.0 Å². The van der Waals surface area contributed by atoms with Gasteiger partial charge < -0.3 is 24.4 Å². The smallest absolute Gasteiger partial charge is 0.410 e. The number of nitrogens with one attached hydrogen (secondary N) is 1. The predicted octanol–water partition coefficient (Wildman–Crippen LogP) is 3.82. The van der Waals surface area contributed by atoms with E-state index in [-0.39, 0.29) is 18.0 Å². The largest absolute Gasteiger partial charge is 0.469 e. The molecular weight excluding hydrogens is 424 g/mol. The first-order chi connectivity index (χ1) is 15.6. The zero-order chi connectivity index (χ0) is 24.3. The number of rotatable bonds is 10. The molecule has 33 heavy (non-hydrogen) atoms. The molecule has 0 unspecified atom stereocenters. The number of hydrogen-bond acceptors (Lipinski definition) is 6. The second-order valence-electron chi connectivity index (χ2n) is 9.56. The van der Waals surface area contributed by atoms with E-state index in [0.717, 1.165) is 5.56 Å². The maximum atomic E-state index is 12.7. The fourth-order valence-corrected chi connectivity index (χ4v) is 3.70. The van der Waals surface area contributed by atoms with Crippen LogP contribution >= 0.6 is 0 Å². The van der Waals surface area contributed by atoms with E-state index in [2.05, 4.69) is 10.1 Å². The van der Waals surface area contributed by atoms with Crippen molar-refractivity contribution >= 4 is 18.0 Å². The number of likely N-dealkylation sites (tertiary alicyclic amines) is 1. The Morgan fingerprint density at radius 1 is 1.03 bits per heavy atom. The average molecular weight is 463 g/mol. The summed E-state index contributed by atoms with van der Waals surface area (Å²) in [6.07, 6.45) is 2.66. The van der Waals surface area contributed by atoms with Gasteiger partial charge in [-0.1, -0.05) is 30.3 Å². The molecule has 1 aliphatic heterocycles. The van der Waals surface area contributed by atoms with Crippen LogP contribution in [0.25, 0.3) is 0 Å². The van der Waals surface area contributed by atoms with Crippen molar-refractivity contribution in [3.8, 4) is 0 Å². The number of carbonyl (C=O) groups is 3. The number of unbranched alkanes of at least 4 members (excludes halogenated alkanes) is 1. The molecule has 1 fully saturated rings. The van der Waals surface area contributed by atoms with Gasteiger partial charge in [0.1, 0.15) is 5.60 Å². The van der Waals surface area contributed by atoms with Crippen molar-refractivity contribution < 1.29 is 28.6 Å². The van der Waals surface area contributed by atoms with Crippen LogP contribution in [0.15, 0.2) is 30.3 Å². The van der Waals surface area contributed by atoms with Crippen LogP contribution in [0.3, 0.4) is 0 Å². The van der Waals surface area contributed by atoms with E-state index >= 15 is 0 Å². The molecule has 0 aromatic heterocycles. The topological polar surface area (TPSA) is 94.2 Å². The van der Waals surface area contributed by atoms with Crippen LogP contribution in [0.2, 0.25) is 0 Å². The molecule has 1 heterocycles.